The molecule has 3 aromatic rings. The second kappa shape index (κ2) is 7.43. The number of rotatable bonds is 6. The average molecular weight is 340 g/mol. The summed E-state index contributed by atoms with van der Waals surface area (Å²) in [5.41, 5.74) is 1.88. The van der Waals surface area contributed by atoms with Crippen molar-refractivity contribution in [1.82, 2.24) is 9.88 Å². The van der Waals surface area contributed by atoms with Crippen molar-refractivity contribution in [3.05, 3.63) is 64.6 Å². The van der Waals surface area contributed by atoms with Gasteiger partial charge in [-0.3, -0.25) is 4.90 Å². The van der Waals surface area contributed by atoms with Crippen molar-refractivity contribution in [1.29, 1.82) is 0 Å². The lowest BCUT2D eigenvalue weighted by molar-refractivity contribution is 0.285. The monoisotopic (exact) mass is 340 g/mol. The van der Waals surface area contributed by atoms with E-state index in [4.69, 9.17) is 10.8 Å². The average Bonchev–Trinajstić information content (AvgIpc) is 3.20. The highest BCUT2D eigenvalue weighted by Gasteiger charge is 2.15. The van der Waals surface area contributed by atoms with Crippen LogP contribution >= 0.6 is 11.3 Å². The van der Waals surface area contributed by atoms with Crippen LogP contribution in [0.25, 0.3) is 10.8 Å². The zero-order valence-corrected chi connectivity index (χ0v) is 14.1. The van der Waals surface area contributed by atoms with Crippen LogP contribution in [0, 0.1) is 25.1 Å². The number of hydrogen-bond donors (Lipinski definition) is 0. The molecule has 0 aliphatic heterocycles. The van der Waals surface area contributed by atoms with Crippen molar-refractivity contribution < 1.29 is 8.81 Å². The predicted octanol–water partition coefficient (Wildman–Crippen LogP) is 4.49. The smallest absolute Gasteiger partial charge is 0.236 e. The number of nitrogens with zero attached hydrogens (tertiary/aromatic N) is 2. The summed E-state index contributed by atoms with van der Waals surface area (Å²) < 4.78 is 18.8. The van der Waals surface area contributed by atoms with E-state index in [2.05, 4.69) is 15.8 Å². The Morgan fingerprint density at radius 1 is 1.25 bits per heavy atom. The van der Waals surface area contributed by atoms with Gasteiger partial charge in [0.2, 0.25) is 5.89 Å². The van der Waals surface area contributed by atoms with E-state index in [0.717, 1.165) is 21.9 Å². The van der Waals surface area contributed by atoms with Gasteiger partial charge in [-0.25, -0.2) is 9.37 Å². The van der Waals surface area contributed by atoms with Crippen LogP contribution in [0.4, 0.5) is 4.39 Å². The Morgan fingerprint density at radius 3 is 2.71 bits per heavy atom. The normalized spacial score (nSPS) is 10.9. The third kappa shape index (κ3) is 3.91. The first-order valence-electron chi connectivity index (χ1n) is 7.56. The topological polar surface area (TPSA) is 29.3 Å². The molecule has 0 aliphatic rings. The molecule has 0 spiro atoms. The van der Waals surface area contributed by atoms with Gasteiger partial charge in [-0.15, -0.1) is 17.8 Å². The van der Waals surface area contributed by atoms with Crippen molar-refractivity contribution in [2.75, 3.05) is 6.54 Å². The highest BCUT2D eigenvalue weighted by Crippen LogP contribution is 2.26. The molecule has 0 radical (unpaired) electrons. The Hall–Kier alpha value is -2.42. The molecular weight excluding hydrogens is 323 g/mol. The number of hydrogen-bond acceptors (Lipinski definition) is 4. The first-order valence-corrected chi connectivity index (χ1v) is 8.44. The highest BCUT2D eigenvalue weighted by molar-refractivity contribution is 7.13. The summed E-state index contributed by atoms with van der Waals surface area (Å²) in [6.45, 7) is 3.61. The Labute approximate surface area is 144 Å². The number of oxazole rings is 1. The molecule has 0 atom stereocenters. The largest absolute Gasteiger partial charge is 0.440 e. The standard InChI is InChI=1S/C19H17FN2OS/c1-3-10-22(12-15-6-8-16(20)9-7-15)13-17-14(2)23-19(21-17)18-5-4-11-24-18/h1,4-9,11H,10,12-13H2,2H3. The number of aromatic nitrogens is 1. The fourth-order valence-electron chi connectivity index (χ4n) is 2.44. The van der Waals surface area contributed by atoms with Crippen LogP contribution in [0.5, 0.6) is 0 Å². The van der Waals surface area contributed by atoms with Gasteiger partial charge in [0, 0.05) is 13.1 Å². The number of aryl methyl sites for hydroxylation is 1. The van der Waals surface area contributed by atoms with Gasteiger partial charge in [0.05, 0.1) is 17.1 Å². The fourth-order valence-corrected chi connectivity index (χ4v) is 3.09. The lowest BCUT2D eigenvalue weighted by Gasteiger charge is -2.18. The molecule has 24 heavy (non-hydrogen) atoms. The maximum Gasteiger partial charge on any atom is 0.236 e. The summed E-state index contributed by atoms with van der Waals surface area (Å²) >= 11 is 1.59. The van der Waals surface area contributed by atoms with Crippen molar-refractivity contribution in [2.45, 2.75) is 20.0 Å². The van der Waals surface area contributed by atoms with Crippen molar-refractivity contribution in [3.8, 4) is 23.1 Å². The molecule has 0 bridgehead atoms. The minimum atomic E-state index is -0.241. The van der Waals surface area contributed by atoms with Gasteiger partial charge >= 0.3 is 0 Å². The van der Waals surface area contributed by atoms with Gasteiger partial charge < -0.3 is 4.42 Å². The van der Waals surface area contributed by atoms with Crippen molar-refractivity contribution >= 4 is 11.3 Å². The van der Waals surface area contributed by atoms with Crippen LogP contribution in [0.3, 0.4) is 0 Å². The second-order valence-corrected chi connectivity index (χ2v) is 6.42. The van der Waals surface area contributed by atoms with E-state index in [1.165, 1.54) is 12.1 Å². The molecule has 3 rings (SSSR count). The molecule has 3 nitrogen and oxygen atoms in total. The molecule has 0 amide bonds. The van der Waals surface area contributed by atoms with Crippen molar-refractivity contribution in [3.63, 3.8) is 0 Å². The van der Waals surface area contributed by atoms with Crippen LogP contribution in [-0.4, -0.2) is 16.4 Å². The molecule has 0 aliphatic carbocycles. The minimum Gasteiger partial charge on any atom is -0.440 e. The van der Waals surface area contributed by atoms with E-state index in [0.29, 0.717) is 25.5 Å². The molecule has 122 valence electrons. The van der Waals surface area contributed by atoms with Crippen LogP contribution < -0.4 is 0 Å². The second-order valence-electron chi connectivity index (χ2n) is 5.47. The lowest BCUT2D eigenvalue weighted by atomic mass is 10.2. The first-order chi connectivity index (χ1) is 11.7. The van der Waals surface area contributed by atoms with Gasteiger partial charge in [-0.1, -0.05) is 24.1 Å². The molecule has 2 heterocycles. The quantitative estimate of drug-likeness (QED) is 0.619. The number of terminal acetylenes is 1. The molecule has 5 heteroatoms. The number of thiophene rings is 1. The summed E-state index contributed by atoms with van der Waals surface area (Å²) in [4.78, 5) is 7.69. The van der Waals surface area contributed by atoms with Crippen LogP contribution in [0.2, 0.25) is 0 Å². The lowest BCUT2D eigenvalue weighted by Crippen LogP contribution is -2.23. The van der Waals surface area contributed by atoms with Crippen LogP contribution in [0.15, 0.2) is 46.2 Å². The van der Waals surface area contributed by atoms with Gasteiger partial charge in [-0.2, -0.15) is 0 Å². The maximum atomic E-state index is 13.0. The van der Waals surface area contributed by atoms with E-state index < -0.39 is 0 Å². The zero-order valence-electron chi connectivity index (χ0n) is 13.3. The number of halogens is 1. The Kier molecular flexibility index (Phi) is 5.09. The Bertz CT molecular complexity index is 831. The summed E-state index contributed by atoms with van der Waals surface area (Å²) in [7, 11) is 0. The van der Waals surface area contributed by atoms with Gasteiger partial charge in [-0.05, 0) is 36.1 Å². The highest BCUT2D eigenvalue weighted by atomic mass is 32.1. The van der Waals surface area contributed by atoms with Crippen molar-refractivity contribution in [2.24, 2.45) is 0 Å². The minimum absolute atomic E-state index is 0.241. The molecular formula is C19H17FN2OS. The third-order valence-corrected chi connectivity index (χ3v) is 4.49. The van der Waals surface area contributed by atoms with E-state index in [1.54, 1.807) is 23.5 Å². The summed E-state index contributed by atoms with van der Waals surface area (Å²) in [5, 5.41) is 1.99. The predicted molar refractivity (Wildman–Crippen MR) is 93.9 cm³/mol. The van der Waals surface area contributed by atoms with Crippen LogP contribution in [0.1, 0.15) is 17.0 Å². The van der Waals surface area contributed by atoms with E-state index in [9.17, 15) is 4.39 Å². The zero-order chi connectivity index (χ0) is 16.9. The molecule has 1 aromatic carbocycles. The molecule has 0 saturated heterocycles. The molecule has 0 N–H and O–H groups in total. The van der Waals surface area contributed by atoms with Gasteiger partial charge in [0.15, 0.2) is 0 Å². The van der Waals surface area contributed by atoms with E-state index in [1.807, 2.05) is 24.4 Å². The summed E-state index contributed by atoms with van der Waals surface area (Å²) in [6, 6.07) is 10.4. The van der Waals surface area contributed by atoms with Crippen LogP contribution in [-0.2, 0) is 13.1 Å². The molecule has 0 fully saturated rings. The van der Waals surface area contributed by atoms with Gasteiger partial charge in [0.25, 0.3) is 0 Å². The number of benzene rings is 1. The molecule has 0 saturated carbocycles. The molecule has 0 unspecified atom stereocenters. The fraction of sp³-hybridized carbons (Fsp3) is 0.211. The first kappa shape index (κ1) is 16.4. The summed E-state index contributed by atoms with van der Waals surface area (Å²) in [5.74, 6) is 3.86. The maximum absolute atomic E-state index is 13.0. The Balaban J connectivity index is 1.76. The Morgan fingerprint density at radius 2 is 2.04 bits per heavy atom. The van der Waals surface area contributed by atoms with Gasteiger partial charge in [0.1, 0.15) is 11.6 Å². The molecule has 2 aromatic heterocycles. The summed E-state index contributed by atoms with van der Waals surface area (Å²) in [6.07, 6.45) is 5.49. The SMILES string of the molecule is C#CCN(Cc1ccc(F)cc1)Cc1nc(-c2cccs2)oc1C. The third-order valence-electron chi connectivity index (χ3n) is 3.63. The van der Waals surface area contributed by atoms with E-state index in [-0.39, 0.29) is 5.82 Å². The van der Waals surface area contributed by atoms with E-state index >= 15 is 0 Å².